The molecule has 1 aromatic rings. The van der Waals surface area contributed by atoms with Crippen LogP contribution >= 0.6 is 0 Å². The van der Waals surface area contributed by atoms with Gasteiger partial charge in [0.25, 0.3) is 0 Å². The summed E-state index contributed by atoms with van der Waals surface area (Å²) in [6, 6.07) is 2.05. The van der Waals surface area contributed by atoms with Crippen molar-refractivity contribution in [3.8, 4) is 0 Å². The summed E-state index contributed by atoms with van der Waals surface area (Å²) in [7, 11) is 1.64. The maximum Gasteiger partial charge on any atom is 0.224 e. The van der Waals surface area contributed by atoms with Crippen LogP contribution < -0.4 is 5.32 Å². The number of ether oxygens (including phenoxy) is 1. The Bertz CT molecular complexity index is 438. The first-order chi connectivity index (χ1) is 9.22. The van der Waals surface area contributed by atoms with Gasteiger partial charge in [-0.05, 0) is 6.42 Å². The maximum atomic E-state index is 11.8. The number of aryl methyl sites for hydroxylation is 1. The van der Waals surface area contributed by atoms with Crippen LogP contribution in [0.25, 0.3) is 0 Å². The van der Waals surface area contributed by atoms with Crippen molar-refractivity contribution in [2.75, 3.05) is 32.1 Å². The molecule has 0 unspecified atom stereocenters. The van der Waals surface area contributed by atoms with E-state index < -0.39 is 0 Å². The van der Waals surface area contributed by atoms with Crippen molar-refractivity contribution in [3.05, 3.63) is 18.1 Å². The number of amides is 1. The molecule has 2 heterocycles. The molecule has 6 nitrogen and oxygen atoms in total. The van der Waals surface area contributed by atoms with Crippen LogP contribution in [0.2, 0.25) is 0 Å². The second-order valence-electron chi connectivity index (χ2n) is 4.63. The van der Waals surface area contributed by atoms with Gasteiger partial charge in [-0.15, -0.1) is 0 Å². The third-order valence-corrected chi connectivity index (χ3v) is 3.22. The number of hydrogen-bond acceptors (Lipinski definition) is 5. The van der Waals surface area contributed by atoms with Crippen molar-refractivity contribution < 1.29 is 9.53 Å². The van der Waals surface area contributed by atoms with E-state index in [9.17, 15) is 4.79 Å². The molecule has 0 aliphatic carbocycles. The third kappa shape index (κ3) is 3.64. The number of nitrogens with one attached hydrogen (secondary N) is 1. The smallest absolute Gasteiger partial charge is 0.224 e. The lowest BCUT2D eigenvalue weighted by Gasteiger charge is -2.16. The monoisotopic (exact) mass is 264 g/mol. The molecule has 2 rings (SSSR count). The average molecular weight is 264 g/mol. The normalized spacial score (nSPS) is 18.9. The number of anilines is 1. The number of rotatable bonds is 6. The molecule has 1 atom stereocenters. The van der Waals surface area contributed by atoms with Gasteiger partial charge in [0, 0.05) is 38.4 Å². The van der Waals surface area contributed by atoms with Crippen molar-refractivity contribution >= 4 is 11.7 Å². The third-order valence-electron chi connectivity index (χ3n) is 3.22. The van der Waals surface area contributed by atoms with Gasteiger partial charge in [0.1, 0.15) is 12.1 Å². The van der Waals surface area contributed by atoms with Crippen LogP contribution in [0.3, 0.4) is 0 Å². The Labute approximate surface area is 113 Å². The van der Waals surface area contributed by atoms with Crippen molar-refractivity contribution in [2.24, 2.45) is 0 Å². The van der Waals surface area contributed by atoms with E-state index in [2.05, 4.69) is 22.2 Å². The zero-order chi connectivity index (χ0) is 13.7. The lowest BCUT2D eigenvalue weighted by Crippen LogP contribution is -2.31. The van der Waals surface area contributed by atoms with E-state index in [4.69, 9.17) is 4.74 Å². The van der Waals surface area contributed by atoms with Crippen LogP contribution in [0, 0.1) is 0 Å². The summed E-state index contributed by atoms with van der Waals surface area (Å²) < 4.78 is 5.00. The van der Waals surface area contributed by atoms with Crippen LogP contribution in [-0.4, -0.2) is 53.6 Å². The number of likely N-dealkylation sites (tertiary alicyclic amines) is 1. The van der Waals surface area contributed by atoms with E-state index >= 15 is 0 Å². The molecule has 104 valence electrons. The van der Waals surface area contributed by atoms with Crippen molar-refractivity contribution in [2.45, 2.75) is 25.8 Å². The van der Waals surface area contributed by atoms with E-state index in [1.165, 1.54) is 0 Å². The largest absolute Gasteiger partial charge is 0.383 e. The minimum atomic E-state index is 0.115. The van der Waals surface area contributed by atoms with Gasteiger partial charge in [-0.25, -0.2) is 9.97 Å². The number of nitrogens with zero attached hydrogens (tertiary/aromatic N) is 3. The molecule has 1 aliphatic heterocycles. The summed E-state index contributed by atoms with van der Waals surface area (Å²) in [6.45, 7) is 3.98. The van der Waals surface area contributed by atoms with Gasteiger partial charge in [-0.3, -0.25) is 4.79 Å². The second kappa shape index (κ2) is 6.47. The summed E-state index contributed by atoms with van der Waals surface area (Å²) in [4.78, 5) is 22.0. The Morgan fingerprint density at radius 3 is 3.11 bits per heavy atom. The minimum Gasteiger partial charge on any atom is -0.383 e. The fourth-order valence-corrected chi connectivity index (χ4v) is 2.17. The summed E-state index contributed by atoms with van der Waals surface area (Å²) in [5.74, 6) is 0.956. The van der Waals surface area contributed by atoms with Crippen molar-refractivity contribution in [1.82, 2.24) is 14.9 Å². The highest BCUT2D eigenvalue weighted by atomic mass is 16.5. The molecule has 1 amide bonds. The fraction of sp³-hybridized carbons (Fsp3) is 0.615. The maximum absolute atomic E-state index is 11.8. The minimum absolute atomic E-state index is 0.115. The average Bonchev–Trinajstić information content (AvgIpc) is 2.76. The summed E-state index contributed by atoms with van der Waals surface area (Å²) >= 11 is 0. The quantitative estimate of drug-likeness (QED) is 0.819. The second-order valence-corrected chi connectivity index (χ2v) is 4.63. The molecule has 0 aromatic carbocycles. The van der Waals surface area contributed by atoms with Crippen molar-refractivity contribution in [1.29, 1.82) is 0 Å². The van der Waals surface area contributed by atoms with E-state index in [0.29, 0.717) is 26.1 Å². The Kier molecular flexibility index (Phi) is 4.68. The molecule has 6 heteroatoms. The van der Waals surface area contributed by atoms with Gasteiger partial charge in [0.05, 0.1) is 12.6 Å². The predicted octanol–water partition coefficient (Wildman–Crippen LogP) is 0.698. The van der Waals surface area contributed by atoms with Crippen LogP contribution in [0.1, 0.15) is 19.0 Å². The van der Waals surface area contributed by atoms with Gasteiger partial charge >= 0.3 is 0 Å². The molecule has 1 saturated heterocycles. The number of hydrogen-bond donors (Lipinski definition) is 1. The topological polar surface area (TPSA) is 67.4 Å². The summed E-state index contributed by atoms with van der Waals surface area (Å²) in [5.41, 5.74) is 0.998. The van der Waals surface area contributed by atoms with Gasteiger partial charge in [-0.1, -0.05) is 6.92 Å². The number of methoxy groups -OCH3 is 1. The van der Waals surface area contributed by atoms with E-state index in [0.717, 1.165) is 17.9 Å². The molecule has 1 N–H and O–H groups in total. The van der Waals surface area contributed by atoms with E-state index in [1.807, 2.05) is 11.0 Å². The van der Waals surface area contributed by atoms with Crippen LogP contribution in [0.4, 0.5) is 5.82 Å². The molecule has 0 saturated carbocycles. The molecule has 1 fully saturated rings. The molecule has 19 heavy (non-hydrogen) atoms. The van der Waals surface area contributed by atoms with Gasteiger partial charge in [0.2, 0.25) is 5.91 Å². The summed E-state index contributed by atoms with van der Waals surface area (Å²) in [5, 5.41) is 3.30. The molecule has 0 bridgehead atoms. The molecular weight excluding hydrogens is 244 g/mol. The highest BCUT2D eigenvalue weighted by Gasteiger charge is 2.29. The zero-order valence-electron chi connectivity index (χ0n) is 11.4. The molecular formula is C13H20N4O2. The van der Waals surface area contributed by atoms with Crippen LogP contribution in [0.5, 0.6) is 0 Å². The Morgan fingerprint density at radius 1 is 1.53 bits per heavy atom. The first-order valence-corrected chi connectivity index (χ1v) is 6.57. The van der Waals surface area contributed by atoms with Crippen molar-refractivity contribution in [3.63, 3.8) is 0 Å². The zero-order valence-corrected chi connectivity index (χ0v) is 11.4. The summed E-state index contributed by atoms with van der Waals surface area (Å²) in [6.07, 6.45) is 2.94. The van der Waals surface area contributed by atoms with Gasteiger partial charge < -0.3 is 15.0 Å². The van der Waals surface area contributed by atoms with Gasteiger partial charge in [0.15, 0.2) is 0 Å². The molecule has 0 spiro atoms. The lowest BCUT2D eigenvalue weighted by molar-refractivity contribution is -0.128. The number of carbonyl (C=O) groups is 1. The fourth-order valence-electron chi connectivity index (χ4n) is 2.17. The lowest BCUT2D eigenvalue weighted by atomic mass is 10.2. The highest BCUT2D eigenvalue weighted by Crippen LogP contribution is 2.15. The molecule has 0 radical (unpaired) electrons. The first-order valence-electron chi connectivity index (χ1n) is 6.57. The first kappa shape index (κ1) is 13.7. The molecule has 1 aromatic heterocycles. The SMILES string of the molecule is CCc1cc(N[C@@H]2CC(=O)N(CCOC)C2)ncn1. The van der Waals surface area contributed by atoms with E-state index in [1.54, 1.807) is 13.4 Å². The number of aromatic nitrogens is 2. The predicted molar refractivity (Wildman–Crippen MR) is 71.9 cm³/mol. The number of carbonyl (C=O) groups excluding carboxylic acids is 1. The van der Waals surface area contributed by atoms with Gasteiger partial charge in [-0.2, -0.15) is 0 Å². The Morgan fingerprint density at radius 2 is 2.37 bits per heavy atom. The standard InChI is InChI=1S/C13H20N4O2/c1-3-10-6-12(15-9-14-10)16-11-7-13(18)17(8-11)4-5-19-2/h6,9,11H,3-5,7-8H2,1-2H3,(H,14,15,16)/t11-/m1/s1. The molecule has 1 aliphatic rings. The highest BCUT2D eigenvalue weighted by molar-refractivity contribution is 5.79. The Balaban J connectivity index is 1.91. The van der Waals surface area contributed by atoms with E-state index in [-0.39, 0.29) is 11.9 Å². The Hall–Kier alpha value is -1.69. The van der Waals surface area contributed by atoms with Crippen LogP contribution in [0.15, 0.2) is 12.4 Å². The van der Waals surface area contributed by atoms with Crippen LogP contribution in [-0.2, 0) is 16.0 Å².